The molecule has 0 bridgehead atoms. The third-order valence-corrected chi connectivity index (χ3v) is 8.11. The smallest absolute Gasteiger partial charge is 0.336 e. The third-order valence-electron chi connectivity index (χ3n) is 7.25. The zero-order valence-electron chi connectivity index (χ0n) is 28.4. The molecule has 0 unspecified atom stereocenters. The number of alkyl halides is 1. The molecule has 0 spiro atoms. The van der Waals surface area contributed by atoms with Gasteiger partial charge in [-0.1, -0.05) is 42.8 Å². The van der Waals surface area contributed by atoms with Crippen LogP contribution in [0.3, 0.4) is 0 Å². The fourth-order valence-corrected chi connectivity index (χ4v) is 5.48. The number of benzene rings is 3. The molecule has 1 aliphatic rings. The van der Waals surface area contributed by atoms with Crippen LogP contribution in [0.4, 0.5) is 4.39 Å². The molecular formula is C36H33Cl5FN3O9S. The molecule has 5 aromatic rings. The number of hydrogen-bond acceptors (Lipinski definition) is 10. The minimum absolute atomic E-state index is 0. The van der Waals surface area contributed by atoms with Crippen LogP contribution in [0.5, 0.6) is 0 Å². The van der Waals surface area contributed by atoms with Gasteiger partial charge in [-0.3, -0.25) is 28.7 Å². The van der Waals surface area contributed by atoms with E-state index >= 15 is 0 Å². The van der Waals surface area contributed by atoms with E-state index in [0.717, 1.165) is 5.56 Å². The summed E-state index contributed by atoms with van der Waals surface area (Å²) >= 11 is 17.4. The van der Waals surface area contributed by atoms with Crippen molar-refractivity contribution in [1.82, 2.24) is 9.97 Å². The quantitative estimate of drug-likeness (QED) is 0.104. The number of aliphatic hydroxyl groups excluding tert-OH is 3. The number of allylic oxidation sites excluding steroid dienone is 2. The summed E-state index contributed by atoms with van der Waals surface area (Å²) in [5.74, 6) is -1.91. The summed E-state index contributed by atoms with van der Waals surface area (Å²) in [6, 6.07) is 12.5. The lowest BCUT2D eigenvalue weighted by Crippen LogP contribution is -2.14. The first-order chi connectivity index (χ1) is 26.0. The third kappa shape index (κ3) is 13.6. The Bertz CT molecular complexity index is 2160. The molecule has 0 saturated heterocycles. The van der Waals surface area contributed by atoms with Crippen molar-refractivity contribution in [3.63, 3.8) is 0 Å². The van der Waals surface area contributed by atoms with Gasteiger partial charge in [0.2, 0.25) is 15.1 Å². The predicted octanol–water partition coefficient (Wildman–Crippen LogP) is 7.68. The van der Waals surface area contributed by atoms with E-state index in [1.165, 1.54) is 12.1 Å². The second-order valence-corrected chi connectivity index (χ2v) is 14.1. The fourth-order valence-electron chi connectivity index (χ4n) is 4.89. The van der Waals surface area contributed by atoms with Crippen LogP contribution in [-0.4, -0.2) is 64.7 Å². The number of carbonyl (C=O) groups excluding carboxylic acids is 3. The number of carbonyl (C=O) groups is 4. The molecule has 0 atom stereocenters. The van der Waals surface area contributed by atoms with Crippen LogP contribution >= 0.6 is 56.2 Å². The Morgan fingerprint density at radius 2 is 1.29 bits per heavy atom. The predicted molar refractivity (Wildman–Crippen MR) is 214 cm³/mol. The number of hydrogen-bond donors (Lipinski definition) is 5. The molecule has 2 heterocycles. The van der Waals surface area contributed by atoms with Crippen LogP contribution in [0.2, 0.25) is 10.0 Å². The molecule has 19 heteroatoms. The van der Waals surface area contributed by atoms with E-state index in [9.17, 15) is 23.6 Å². The molecule has 0 fully saturated rings. The van der Waals surface area contributed by atoms with Gasteiger partial charge in [0.25, 0.3) is 5.24 Å². The van der Waals surface area contributed by atoms with Crippen LogP contribution in [0.1, 0.15) is 72.5 Å². The minimum atomic E-state index is -1.67. The Labute approximate surface area is 342 Å². The van der Waals surface area contributed by atoms with E-state index in [0.29, 0.717) is 60.5 Å². The van der Waals surface area contributed by atoms with Crippen molar-refractivity contribution in [3.8, 4) is 0 Å². The number of halogens is 6. The second kappa shape index (κ2) is 23.7. The summed E-state index contributed by atoms with van der Waals surface area (Å²) in [5.41, 5.74) is 9.40. The number of carboxylic acid groups (broad SMARTS) is 1. The van der Waals surface area contributed by atoms with E-state index < -0.39 is 33.5 Å². The lowest BCUT2D eigenvalue weighted by molar-refractivity contribution is 0.0692. The van der Waals surface area contributed by atoms with Gasteiger partial charge in [0.05, 0.1) is 55.0 Å². The maximum Gasteiger partial charge on any atom is 0.336 e. The first-order valence-corrected chi connectivity index (χ1v) is 18.6. The zero-order chi connectivity index (χ0) is 41.4. The van der Waals surface area contributed by atoms with Gasteiger partial charge < -0.3 is 26.2 Å². The van der Waals surface area contributed by atoms with E-state index in [4.69, 9.17) is 66.5 Å². The first kappa shape index (κ1) is 47.1. The van der Waals surface area contributed by atoms with Gasteiger partial charge in [-0.15, -0.1) is 0 Å². The molecule has 2 aromatic heterocycles. The van der Waals surface area contributed by atoms with Crippen molar-refractivity contribution in [3.05, 3.63) is 128 Å². The first-order valence-electron chi connectivity index (χ1n) is 15.4. The zero-order valence-corrected chi connectivity index (χ0v) is 32.0. The van der Waals surface area contributed by atoms with Crippen molar-refractivity contribution in [2.45, 2.75) is 33.7 Å². The molecule has 12 nitrogen and oxygen atoms in total. The summed E-state index contributed by atoms with van der Waals surface area (Å²) in [6.45, 7) is -0.868. The van der Waals surface area contributed by atoms with E-state index in [-0.39, 0.29) is 49.7 Å². The number of pyridine rings is 2. The Morgan fingerprint density at radius 3 is 1.71 bits per heavy atom. The number of carboxylic acids is 1. The maximum absolute atomic E-state index is 11.5. The van der Waals surface area contributed by atoms with Crippen molar-refractivity contribution < 1.29 is 49.6 Å². The van der Waals surface area contributed by atoms with Gasteiger partial charge in [-0.05, 0) is 88.8 Å². The van der Waals surface area contributed by atoms with Crippen LogP contribution in [0.15, 0.2) is 73.1 Å². The van der Waals surface area contributed by atoms with Crippen LogP contribution in [0, 0.1) is 0 Å². The molecule has 3 aromatic carbocycles. The topological polar surface area (TPSA) is 218 Å². The summed E-state index contributed by atoms with van der Waals surface area (Å²) in [4.78, 5) is 53.0. The molecule has 294 valence electrons. The molecule has 1 amide bonds. The lowest BCUT2D eigenvalue weighted by atomic mass is 9.91. The van der Waals surface area contributed by atoms with Crippen LogP contribution in [-0.2, 0) is 35.5 Å². The van der Waals surface area contributed by atoms with Crippen molar-refractivity contribution in [2.75, 3.05) is 7.15 Å². The number of nitrogens with two attached hydrogens (primary N) is 1. The van der Waals surface area contributed by atoms with Gasteiger partial charge >= 0.3 is 5.97 Å². The molecular weight excluding hydrogens is 847 g/mol. The molecule has 0 saturated carbocycles. The number of fused-ring (bicyclic) bond motifs is 3. The molecule has 55 heavy (non-hydrogen) atoms. The fraction of sp³-hybridized carbons (Fsp3) is 0.167. The van der Waals surface area contributed by atoms with E-state index in [1.807, 2.05) is 0 Å². The van der Waals surface area contributed by atoms with E-state index in [1.54, 1.807) is 60.9 Å². The van der Waals surface area contributed by atoms with Crippen molar-refractivity contribution in [2.24, 2.45) is 5.73 Å². The molecule has 6 N–H and O–H groups in total. The highest BCUT2D eigenvalue weighted by molar-refractivity contribution is 8.26. The van der Waals surface area contributed by atoms with Crippen LogP contribution in [0.25, 0.3) is 21.8 Å². The Hall–Kier alpha value is -4.09. The SMILES string of the molecule is C.NC(=O)c1cc2c(Cl)ccnc2cc1CO.O=C(Cl)c1cc2c(Cl)ccnc2cc1CO.O=C(O)c1cc2c(cc1CO)CC=CC2=O.O=S(Cl)Cl.[2H]CF. The summed E-state index contributed by atoms with van der Waals surface area (Å²) in [7, 11) is 6.36. The Balaban J connectivity index is 0.000000384. The number of aromatic carboxylic acids is 1. The molecule has 0 aliphatic heterocycles. The second-order valence-electron chi connectivity index (χ2n) is 10.4. The molecule has 6 rings (SSSR count). The summed E-state index contributed by atoms with van der Waals surface area (Å²) < 4.78 is 24.6. The van der Waals surface area contributed by atoms with Gasteiger partial charge in [0, 0.05) is 61.2 Å². The van der Waals surface area contributed by atoms with Gasteiger partial charge in [-0.2, -0.15) is 0 Å². The van der Waals surface area contributed by atoms with Gasteiger partial charge in [0.15, 0.2) is 5.78 Å². The number of aliphatic hydroxyl groups is 3. The van der Waals surface area contributed by atoms with Crippen LogP contribution < -0.4 is 5.73 Å². The Kier molecular flexibility index (Phi) is 20.3. The Morgan fingerprint density at radius 1 is 0.855 bits per heavy atom. The van der Waals surface area contributed by atoms with Gasteiger partial charge in [-0.25, -0.2) is 9.00 Å². The minimum Gasteiger partial charge on any atom is -0.478 e. The normalized spacial score (nSPS) is 11.2. The highest BCUT2D eigenvalue weighted by Crippen LogP contribution is 2.27. The van der Waals surface area contributed by atoms with Crippen molar-refractivity contribution >= 4 is 110 Å². The number of nitrogens with zero attached hydrogens (tertiary/aromatic N) is 2. The lowest BCUT2D eigenvalue weighted by Gasteiger charge is -2.13. The maximum atomic E-state index is 11.5. The van der Waals surface area contributed by atoms with Gasteiger partial charge in [0.1, 0.15) is 0 Å². The number of amides is 1. The summed E-state index contributed by atoms with van der Waals surface area (Å²) in [6.07, 6.45) is 6.89. The highest BCUT2D eigenvalue weighted by atomic mass is 36.0. The molecule has 0 radical (unpaired) electrons. The monoisotopic (exact) mass is 878 g/mol. The van der Waals surface area contributed by atoms with E-state index in [2.05, 4.69) is 31.3 Å². The number of primary amides is 1. The summed E-state index contributed by atoms with van der Waals surface area (Å²) in [5, 5.41) is 37.9. The average molecular weight is 881 g/mol. The number of ketones is 1. The highest BCUT2D eigenvalue weighted by Gasteiger charge is 2.19. The standard InChI is InChI=1S/C12H10O4.C11H7Cl2NO2.C11H9ClN2O2.CH3F.CH4.Cl2OS/c13-6-8-4-7-2-1-3-11(14)9(7)5-10(8)12(15)16;2*12-9-1-2-14-10-3-6(5-15)7(11(13)16)4-8(9)10;1-2;;1-4(2)3/h1,3-5,13H,2,6H2,(H,15,16);1-4,15H,5H2;1-4,15H,5H2,(H2,13,16);1H3;1H4;/i;;;1D;;. The average Bonchev–Trinajstić information content (AvgIpc) is 3.14. The molecule has 1 aliphatic carbocycles. The number of rotatable bonds is 6. The van der Waals surface area contributed by atoms with Crippen molar-refractivity contribution in [1.29, 1.82) is 0 Å². The largest absolute Gasteiger partial charge is 0.478 e. The number of aromatic nitrogens is 2.